The molecule has 2 atom stereocenters. The van der Waals surface area contributed by atoms with Crippen LogP contribution in [0.4, 0.5) is 0 Å². The van der Waals surface area contributed by atoms with Crippen molar-refractivity contribution in [2.24, 2.45) is 0 Å². The maximum absolute atomic E-state index is 12.9. The number of benzene rings is 1. The third-order valence-electron chi connectivity index (χ3n) is 4.91. The third kappa shape index (κ3) is 3.60. The van der Waals surface area contributed by atoms with Crippen LogP contribution in [0, 0.1) is 13.8 Å². The molecule has 1 aromatic heterocycles. The number of hydrogen-bond acceptors (Lipinski definition) is 3. The second kappa shape index (κ2) is 7.13. The molecule has 132 valence electrons. The summed E-state index contributed by atoms with van der Waals surface area (Å²) in [4.78, 5) is 26.8. The Morgan fingerprint density at radius 1 is 1.24 bits per heavy atom. The van der Waals surface area contributed by atoms with Gasteiger partial charge in [-0.3, -0.25) is 9.59 Å². The van der Waals surface area contributed by atoms with Crippen molar-refractivity contribution < 1.29 is 14.0 Å². The van der Waals surface area contributed by atoms with Crippen molar-refractivity contribution >= 4 is 11.8 Å². The van der Waals surface area contributed by atoms with Gasteiger partial charge in [0.25, 0.3) is 5.91 Å². The lowest BCUT2D eigenvalue weighted by atomic mass is 9.99. The van der Waals surface area contributed by atoms with Crippen molar-refractivity contribution in [3.05, 3.63) is 59.0 Å². The van der Waals surface area contributed by atoms with E-state index in [-0.39, 0.29) is 23.6 Å². The summed E-state index contributed by atoms with van der Waals surface area (Å²) in [6.07, 6.45) is 3.37. The predicted octanol–water partition coefficient (Wildman–Crippen LogP) is 3.38. The molecule has 2 amide bonds. The van der Waals surface area contributed by atoms with Crippen molar-refractivity contribution in [1.29, 1.82) is 0 Å². The number of carbonyl (C=O) groups excluding carboxylic acids is 2. The average molecular weight is 340 g/mol. The highest BCUT2D eigenvalue weighted by Crippen LogP contribution is 2.33. The minimum Gasteiger partial charge on any atom is -0.459 e. The van der Waals surface area contributed by atoms with Crippen molar-refractivity contribution in [2.75, 3.05) is 6.54 Å². The molecular weight excluding hydrogens is 316 g/mol. The summed E-state index contributed by atoms with van der Waals surface area (Å²) in [5.41, 5.74) is 3.65. The van der Waals surface area contributed by atoms with Gasteiger partial charge in [0.1, 0.15) is 6.04 Å². The molecule has 1 saturated heterocycles. The van der Waals surface area contributed by atoms with Gasteiger partial charge >= 0.3 is 0 Å². The number of nitrogens with one attached hydrogen (secondary N) is 1. The Labute approximate surface area is 148 Å². The van der Waals surface area contributed by atoms with Crippen LogP contribution in [0.15, 0.2) is 41.0 Å². The van der Waals surface area contributed by atoms with E-state index >= 15 is 0 Å². The molecule has 2 aromatic rings. The third-order valence-corrected chi connectivity index (χ3v) is 4.91. The number of nitrogens with zero attached hydrogens (tertiary/aromatic N) is 1. The highest BCUT2D eigenvalue weighted by Gasteiger charge is 2.33. The number of likely N-dealkylation sites (tertiary alicyclic amines) is 1. The van der Waals surface area contributed by atoms with E-state index in [0.717, 1.165) is 19.4 Å². The van der Waals surface area contributed by atoms with Crippen molar-refractivity contribution in [1.82, 2.24) is 10.2 Å². The summed E-state index contributed by atoms with van der Waals surface area (Å²) in [7, 11) is 0. The maximum atomic E-state index is 12.9. The summed E-state index contributed by atoms with van der Waals surface area (Å²) < 4.78 is 5.08. The molecule has 2 heterocycles. The first kappa shape index (κ1) is 17.3. The van der Waals surface area contributed by atoms with Crippen molar-refractivity contribution in [3.63, 3.8) is 0 Å². The molecule has 1 aliphatic rings. The summed E-state index contributed by atoms with van der Waals surface area (Å²) in [5, 5.41) is 2.73. The lowest BCUT2D eigenvalue weighted by molar-refractivity contribution is -0.133. The Bertz CT molecular complexity index is 767. The highest BCUT2D eigenvalue weighted by molar-refractivity contribution is 5.95. The molecule has 0 bridgehead atoms. The lowest BCUT2D eigenvalue weighted by Gasteiger charge is -2.28. The zero-order chi connectivity index (χ0) is 18.0. The minimum absolute atomic E-state index is 0.0550. The quantitative estimate of drug-likeness (QED) is 0.928. The molecule has 1 aromatic carbocycles. The van der Waals surface area contributed by atoms with Crippen LogP contribution in [-0.2, 0) is 4.79 Å². The summed E-state index contributed by atoms with van der Waals surface area (Å²) in [5.74, 6) is -0.208. The molecule has 1 fully saturated rings. The Balaban J connectivity index is 1.71. The largest absolute Gasteiger partial charge is 0.459 e. The van der Waals surface area contributed by atoms with E-state index in [9.17, 15) is 9.59 Å². The number of rotatable bonds is 4. The van der Waals surface area contributed by atoms with Crippen LogP contribution in [0.25, 0.3) is 0 Å². The zero-order valence-corrected chi connectivity index (χ0v) is 14.9. The van der Waals surface area contributed by atoms with E-state index in [4.69, 9.17) is 4.42 Å². The van der Waals surface area contributed by atoms with Gasteiger partial charge in [0.15, 0.2) is 5.76 Å². The van der Waals surface area contributed by atoms with Crippen molar-refractivity contribution in [2.45, 2.75) is 45.7 Å². The fraction of sp³-hybridized carbons (Fsp3) is 0.400. The Kier molecular flexibility index (Phi) is 4.93. The standard InChI is InChI=1S/C20H24N2O3/c1-13-8-9-16(12-14(13)2)17-6-4-10-22(17)20(24)15(3)21-19(23)18-7-5-11-25-18/h5,7-9,11-12,15,17H,4,6,10H2,1-3H3,(H,21,23)/t15-,17+/m0/s1. The molecule has 1 N–H and O–H groups in total. The van der Waals surface area contributed by atoms with Crippen LogP contribution >= 0.6 is 0 Å². The van der Waals surface area contributed by atoms with E-state index < -0.39 is 6.04 Å². The Hall–Kier alpha value is -2.56. The summed E-state index contributed by atoms with van der Waals surface area (Å²) in [6, 6.07) is 9.09. The summed E-state index contributed by atoms with van der Waals surface area (Å²) >= 11 is 0. The zero-order valence-electron chi connectivity index (χ0n) is 14.9. The normalized spacial score (nSPS) is 18.2. The fourth-order valence-corrected chi connectivity index (χ4v) is 3.33. The molecule has 3 rings (SSSR count). The minimum atomic E-state index is -0.593. The van der Waals surface area contributed by atoms with Crippen LogP contribution in [0.1, 0.15) is 53.1 Å². The van der Waals surface area contributed by atoms with Crippen LogP contribution < -0.4 is 5.32 Å². The first-order chi connectivity index (χ1) is 12.0. The summed E-state index contributed by atoms with van der Waals surface area (Å²) in [6.45, 7) is 6.62. The first-order valence-corrected chi connectivity index (χ1v) is 8.69. The molecule has 1 aliphatic heterocycles. The average Bonchev–Trinajstić information content (AvgIpc) is 3.28. The van der Waals surface area contributed by atoms with Gasteiger partial charge in [-0.1, -0.05) is 18.2 Å². The van der Waals surface area contributed by atoms with Gasteiger partial charge in [-0.15, -0.1) is 0 Å². The van der Waals surface area contributed by atoms with Crippen LogP contribution in [0.3, 0.4) is 0 Å². The SMILES string of the molecule is Cc1ccc([C@H]2CCCN2C(=O)[C@H](C)NC(=O)c2ccco2)cc1C. The molecule has 0 unspecified atom stereocenters. The van der Waals surface area contributed by atoms with Gasteiger partial charge in [0.2, 0.25) is 5.91 Å². The molecule has 25 heavy (non-hydrogen) atoms. The molecule has 0 spiro atoms. The van der Waals surface area contributed by atoms with E-state index in [1.54, 1.807) is 19.1 Å². The molecule has 0 saturated carbocycles. The van der Waals surface area contributed by atoms with Crippen LogP contribution in [0.2, 0.25) is 0 Å². The molecule has 5 heteroatoms. The van der Waals surface area contributed by atoms with Crippen LogP contribution in [-0.4, -0.2) is 29.3 Å². The Morgan fingerprint density at radius 2 is 2.04 bits per heavy atom. The topological polar surface area (TPSA) is 62.6 Å². The Morgan fingerprint density at radius 3 is 2.72 bits per heavy atom. The van der Waals surface area contributed by atoms with Gasteiger partial charge in [0.05, 0.1) is 12.3 Å². The van der Waals surface area contributed by atoms with Gasteiger partial charge in [0, 0.05) is 6.54 Å². The smallest absolute Gasteiger partial charge is 0.287 e. The number of hydrogen-bond donors (Lipinski definition) is 1. The molecule has 0 radical (unpaired) electrons. The maximum Gasteiger partial charge on any atom is 0.287 e. The molecular formula is C20H24N2O3. The van der Waals surface area contributed by atoms with Gasteiger partial charge in [-0.2, -0.15) is 0 Å². The first-order valence-electron chi connectivity index (χ1n) is 8.69. The van der Waals surface area contributed by atoms with E-state index in [1.165, 1.54) is 23.0 Å². The van der Waals surface area contributed by atoms with Gasteiger partial charge in [-0.05, 0) is 62.4 Å². The molecule has 5 nitrogen and oxygen atoms in total. The number of furan rings is 1. The highest BCUT2D eigenvalue weighted by atomic mass is 16.3. The fourth-order valence-electron chi connectivity index (χ4n) is 3.33. The molecule has 0 aliphatic carbocycles. The second-order valence-electron chi connectivity index (χ2n) is 6.71. The van der Waals surface area contributed by atoms with Gasteiger partial charge < -0.3 is 14.6 Å². The number of aryl methyl sites for hydroxylation is 2. The predicted molar refractivity (Wildman–Crippen MR) is 95.2 cm³/mol. The monoisotopic (exact) mass is 340 g/mol. The lowest BCUT2D eigenvalue weighted by Crippen LogP contribution is -2.46. The van der Waals surface area contributed by atoms with Crippen LogP contribution in [0.5, 0.6) is 0 Å². The van der Waals surface area contributed by atoms with Crippen molar-refractivity contribution in [3.8, 4) is 0 Å². The van der Waals surface area contributed by atoms with E-state index in [0.29, 0.717) is 0 Å². The van der Waals surface area contributed by atoms with E-state index in [2.05, 4.69) is 37.4 Å². The second-order valence-corrected chi connectivity index (χ2v) is 6.71. The number of carbonyl (C=O) groups is 2. The van der Waals surface area contributed by atoms with E-state index in [1.807, 2.05) is 4.90 Å². The van der Waals surface area contributed by atoms with Gasteiger partial charge in [-0.25, -0.2) is 0 Å². The number of amides is 2.